The summed E-state index contributed by atoms with van der Waals surface area (Å²) in [6.07, 6.45) is 8.81. The third-order valence-electron chi connectivity index (χ3n) is 7.67. The van der Waals surface area contributed by atoms with Crippen molar-refractivity contribution in [2.75, 3.05) is 13.3 Å². The largest absolute Gasteiger partial charge is 0.296 e. The fraction of sp³-hybridized carbons (Fsp3) is 0.810. The van der Waals surface area contributed by atoms with Crippen molar-refractivity contribution >= 4 is 7.05 Å². The smallest absolute Gasteiger partial charge is 0.0601 e. The Hall–Kier alpha value is -0.290. The monoisotopic (exact) mass is 331 g/mol. The molecule has 4 saturated carbocycles. The van der Waals surface area contributed by atoms with Gasteiger partial charge >= 0.3 is 0 Å². The maximum atomic E-state index is 5.79. The van der Waals surface area contributed by atoms with Crippen LogP contribution in [0.1, 0.15) is 66.2 Å². The lowest BCUT2D eigenvalue weighted by atomic mass is 9.53. The summed E-state index contributed by atoms with van der Waals surface area (Å²) in [6.45, 7) is 14.4. The molecule has 128 valence electrons. The molecule has 0 saturated heterocycles. The van der Waals surface area contributed by atoms with Crippen molar-refractivity contribution in [2.24, 2.45) is 22.5 Å². The molecule has 0 aromatic carbocycles. The van der Waals surface area contributed by atoms with Crippen LogP contribution in [0, 0.1) is 17.8 Å². The van der Waals surface area contributed by atoms with Gasteiger partial charge in [0.05, 0.1) is 5.54 Å². The Morgan fingerprint density at radius 1 is 0.783 bits per heavy atom. The zero-order valence-electron chi connectivity index (χ0n) is 15.9. The van der Waals surface area contributed by atoms with Gasteiger partial charge in [-0.3, -0.25) is 4.74 Å². The summed E-state index contributed by atoms with van der Waals surface area (Å²) >= 11 is 0. The average molecular weight is 331 g/mol. The predicted octanol–water partition coefficient (Wildman–Crippen LogP) is 6.47. The molecule has 1 nitrogen and oxygen atoms in total. The Bertz CT molecular complexity index is 598. The molecule has 0 aromatic heterocycles. The van der Waals surface area contributed by atoms with E-state index < -0.39 is 7.05 Å². The zero-order valence-corrected chi connectivity index (χ0v) is 16.8. The minimum absolute atomic E-state index is 0.372. The summed E-state index contributed by atoms with van der Waals surface area (Å²) in [4.78, 5) is 0. The van der Waals surface area contributed by atoms with Crippen molar-refractivity contribution < 1.29 is 0 Å². The van der Waals surface area contributed by atoms with Crippen LogP contribution in [-0.2, 0) is 0 Å². The van der Waals surface area contributed by atoms with E-state index in [4.69, 9.17) is 4.74 Å². The molecule has 0 spiro atoms. The van der Waals surface area contributed by atoms with Crippen molar-refractivity contribution in [1.29, 1.82) is 0 Å². The van der Waals surface area contributed by atoms with Gasteiger partial charge in [0, 0.05) is 5.66 Å². The number of hydrogen-bond acceptors (Lipinski definition) is 1. The lowest BCUT2D eigenvalue weighted by molar-refractivity contribution is 0.00246. The number of nitrogens with zero attached hydrogens (tertiary/aromatic N) is 1. The fourth-order valence-corrected chi connectivity index (χ4v) is 10.8. The maximum absolute atomic E-state index is 5.79. The zero-order chi connectivity index (χ0) is 16.6. The molecule has 5 aliphatic rings. The molecule has 0 aliphatic heterocycles. The number of rotatable bonds is 2. The SMILES string of the molecule is CC1=C(C)C(P(C)(C)=NC23CC4CC(CC(C4)C2)C3)C(C)=C1C. The van der Waals surface area contributed by atoms with Gasteiger partial charge in [-0.25, -0.2) is 0 Å². The fourth-order valence-electron chi connectivity index (χ4n) is 7.07. The van der Waals surface area contributed by atoms with Crippen molar-refractivity contribution in [2.45, 2.75) is 77.4 Å². The van der Waals surface area contributed by atoms with Gasteiger partial charge in [0.2, 0.25) is 0 Å². The molecule has 23 heavy (non-hydrogen) atoms. The molecule has 0 amide bonds. The normalized spacial score (nSPS) is 40.5. The number of allylic oxidation sites excluding steroid dienone is 4. The van der Waals surface area contributed by atoms with Gasteiger partial charge in [-0.15, -0.1) is 0 Å². The van der Waals surface area contributed by atoms with Gasteiger partial charge in [0.1, 0.15) is 0 Å². The molecule has 5 aliphatic carbocycles. The van der Waals surface area contributed by atoms with E-state index in [1.807, 2.05) is 0 Å². The van der Waals surface area contributed by atoms with E-state index in [1.165, 1.54) is 38.5 Å². The molecular weight excluding hydrogens is 297 g/mol. The summed E-state index contributed by atoms with van der Waals surface area (Å²) in [5, 5.41) is 0. The first-order valence-electron chi connectivity index (χ1n) is 9.64. The highest BCUT2D eigenvalue weighted by Gasteiger charge is 2.51. The Morgan fingerprint density at radius 3 is 1.57 bits per heavy atom. The molecule has 0 radical (unpaired) electrons. The molecule has 0 aromatic rings. The highest BCUT2D eigenvalue weighted by molar-refractivity contribution is 7.66. The van der Waals surface area contributed by atoms with E-state index in [1.54, 1.807) is 22.3 Å². The van der Waals surface area contributed by atoms with Crippen molar-refractivity contribution in [3.05, 3.63) is 22.3 Å². The minimum atomic E-state index is -1.32. The average Bonchev–Trinajstić information content (AvgIpc) is 2.60. The van der Waals surface area contributed by atoms with E-state index in [-0.39, 0.29) is 0 Å². The van der Waals surface area contributed by atoms with Crippen LogP contribution in [0.4, 0.5) is 0 Å². The molecule has 5 rings (SSSR count). The molecule has 0 N–H and O–H groups in total. The second-order valence-corrected chi connectivity index (χ2v) is 13.4. The van der Waals surface area contributed by atoms with Crippen LogP contribution in [0.15, 0.2) is 27.0 Å². The lowest BCUT2D eigenvalue weighted by Crippen LogP contribution is -2.49. The van der Waals surface area contributed by atoms with Crippen molar-refractivity contribution in [3.63, 3.8) is 0 Å². The first-order valence-corrected chi connectivity index (χ1v) is 12.3. The second kappa shape index (κ2) is 5.10. The van der Waals surface area contributed by atoms with Crippen LogP contribution < -0.4 is 0 Å². The Labute approximate surface area is 143 Å². The van der Waals surface area contributed by atoms with Crippen LogP contribution in [0.2, 0.25) is 0 Å². The van der Waals surface area contributed by atoms with Gasteiger partial charge in [-0.2, -0.15) is 0 Å². The topological polar surface area (TPSA) is 12.4 Å². The third-order valence-corrected chi connectivity index (χ3v) is 10.7. The molecule has 0 unspecified atom stereocenters. The van der Waals surface area contributed by atoms with Crippen LogP contribution in [0.5, 0.6) is 0 Å². The van der Waals surface area contributed by atoms with Gasteiger partial charge in [0.25, 0.3) is 0 Å². The van der Waals surface area contributed by atoms with Crippen LogP contribution in [0.3, 0.4) is 0 Å². The Kier molecular flexibility index (Phi) is 3.59. The maximum Gasteiger partial charge on any atom is 0.0601 e. The third kappa shape index (κ3) is 2.45. The highest BCUT2D eigenvalue weighted by Crippen LogP contribution is 2.64. The van der Waals surface area contributed by atoms with Crippen LogP contribution in [-0.4, -0.2) is 24.5 Å². The van der Waals surface area contributed by atoms with E-state index in [2.05, 4.69) is 41.0 Å². The van der Waals surface area contributed by atoms with E-state index in [0.717, 1.165) is 17.8 Å². The second-order valence-electron chi connectivity index (χ2n) is 9.74. The summed E-state index contributed by atoms with van der Waals surface area (Å²) in [6, 6.07) is 0. The van der Waals surface area contributed by atoms with Gasteiger partial charge in [-0.1, -0.05) is 11.1 Å². The summed E-state index contributed by atoms with van der Waals surface area (Å²) < 4.78 is 5.79. The highest BCUT2D eigenvalue weighted by atomic mass is 31.2. The van der Waals surface area contributed by atoms with E-state index in [0.29, 0.717) is 11.2 Å². The molecule has 0 heterocycles. The quantitative estimate of drug-likeness (QED) is 0.514. The van der Waals surface area contributed by atoms with Gasteiger partial charge < -0.3 is 0 Å². The van der Waals surface area contributed by atoms with Crippen LogP contribution >= 0.6 is 7.05 Å². The molecule has 2 heteroatoms. The first kappa shape index (κ1) is 16.2. The van der Waals surface area contributed by atoms with Gasteiger partial charge in [0.15, 0.2) is 0 Å². The van der Waals surface area contributed by atoms with Crippen molar-refractivity contribution in [3.8, 4) is 0 Å². The molecule has 4 bridgehead atoms. The summed E-state index contributed by atoms with van der Waals surface area (Å²) in [5.41, 5.74) is 7.33. The molecular formula is C21H34NP. The summed E-state index contributed by atoms with van der Waals surface area (Å²) in [5.74, 6) is 3.01. The Morgan fingerprint density at radius 2 is 1.17 bits per heavy atom. The van der Waals surface area contributed by atoms with E-state index in [9.17, 15) is 0 Å². The molecule has 0 atom stereocenters. The van der Waals surface area contributed by atoms with Crippen LogP contribution in [0.25, 0.3) is 0 Å². The minimum Gasteiger partial charge on any atom is -0.296 e. The van der Waals surface area contributed by atoms with Crippen molar-refractivity contribution in [1.82, 2.24) is 0 Å². The lowest BCUT2D eigenvalue weighted by Gasteiger charge is -2.56. The molecule has 4 fully saturated rings. The summed E-state index contributed by atoms with van der Waals surface area (Å²) in [7, 11) is -1.32. The van der Waals surface area contributed by atoms with Gasteiger partial charge in [-0.05, 0) is 116 Å². The standard InChI is InChI=1S/C21H34NP/c1-13-14(2)16(4)20(15(13)3)23(5,6)22-21-10-17-7-18(11-21)9-19(8-17)12-21/h17-20H,7-12H2,1-6H3. The predicted molar refractivity (Wildman–Crippen MR) is 103 cm³/mol. The number of hydrogen-bond donors (Lipinski definition) is 0. The van der Waals surface area contributed by atoms with E-state index >= 15 is 0 Å². The first-order chi connectivity index (χ1) is 10.7. The Balaban J connectivity index is 1.73.